The van der Waals surface area contributed by atoms with Gasteiger partial charge >= 0.3 is 5.91 Å². The fraction of sp³-hybridized carbons (Fsp3) is 0. The maximum atomic E-state index is 11.7. The molecule has 0 radical (unpaired) electrons. The van der Waals surface area contributed by atoms with Crippen molar-refractivity contribution in [2.24, 2.45) is 0 Å². The molecule has 0 saturated carbocycles. The summed E-state index contributed by atoms with van der Waals surface area (Å²) in [5.41, 5.74) is 4.37. The number of non-ortho nitro benzene ring substituents is 1. The number of rotatable bonds is 3. The number of hydrogen-bond acceptors (Lipinski definition) is 5. The van der Waals surface area contributed by atoms with Crippen molar-refractivity contribution in [1.82, 2.24) is 10.9 Å². The van der Waals surface area contributed by atoms with Crippen LogP contribution in [0.4, 0.5) is 5.69 Å². The molecule has 0 saturated heterocycles. The van der Waals surface area contributed by atoms with Crippen LogP contribution in [-0.2, 0) is 0 Å². The molecule has 8 heteroatoms. The maximum absolute atomic E-state index is 11.7. The first-order valence-electron chi connectivity index (χ1n) is 5.46. The van der Waals surface area contributed by atoms with E-state index in [-0.39, 0.29) is 17.0 Å². The predicted octanol–water partition coefficient (Wildman–Crippen LogP) is 1.26. The van der Waals surface area contributed by atoms with Gasteiger partial charge in [0.25, 0.3) is 11.6 Å². The molecule has 8 nitrogen and oxygen atoms in total. The first kappa shape index (κ1) is 13.3. The smallest absolute Gasteiger partial charge is 0.305 e. The van der Waals surface area contributed by atoms with Gasteiger partial charge in [-0.25, -0.2) is 0 Å². The average molecular weight is 275 g/mol. The van der Waals surface area contributed by atoms with Crippen LogP contribution in [0.2, 0.25) is 0 Å². The molecule has 0 aliphatic carbocycles. The molecule has 1 aromatic heterocycles. The van der Waals surface area contributed by atoms with Crippen molar-refractivity contribution in [3.8, 4) is 0 Å². The summed E-state index contributed by atoms with van der Waals surface area (Å²) in [5, 5.41) is 10.5. The van der Waals surface area contributed by atoms with E-state index < -0.39 is 16.7 Å². The zero-order valence-corrected chi connectivity index (χ0v) is 10.0. The molecule has 2 aromatic rings. The predicted molar refractivity (Wildman–Crippen MR) is 66.7 cm³/mol. The zero-order valence-electron chi connectivity index (χ0n) is 10.0. The molecule has 2 amide bonds. The molecular formula is C12H9N3O5. The molecule has 0 fully saturated rings. The fourth-order valence-electron chi connectivity index (χ4n) is 1.39. The molecule has 0 bridgehead atoms. The first-order chi connectivity index (χ1) is 9.58. The Hall–Kier alpha value is -3.16. The van der Waals surface area contributed by atoms with Crippen LogP contribution in [0.3, 0.4) is 0 Å². The molecule has 1 aromatic carbocycles. The van der Waals surface area contributed by atoms with Crippen molar-refractivity contribution < 1.29 is 18.9 Å². The molecule has 20 heavy (non-hydrogen) atoms. The second-order valence-corrected chi connectivity index (χ2v) is 3.69. The molecule has 2 N–H and O–H groups in total. The summed E-state index contributed by atoms with van der Waals surface area (Å²) < 4.78 is 4.84. The number of amides is 2. The summed E-state index contributed by atoms with van der Waals surface area (Å²) in [6.07, 6.45) is 1.33. The van der Waals surface area contributed by atoms with Crippen LogP contribution in [0.1, 0.15) is 20.9 Å². The van der Waals surface area contributed by atoms with E-state index in [9.17, 15) is 19.7 Å². The molecule has 0 aliphatic heterocycles. The minimum Gasteiger partial charge on any atom is -0.459 e. The Kier molecular flexibility index (Phi) is 3.75. The van der Waals surface area contributed by atoms with Crippen LogP contribution in [0.5, 0.6) is 0 Å². The lowest BCUT2D eigenvalue weighted by Crippen LogP contribution is -2.41. The molecule has 0 atom stereocenters. The molecule has 0 unspecified atom stereocenters. The normalized spacial score (nSPS) is 9.80. The highest BCUT2D eigenvalue weighted by Crippen LogP contribution is 2.11. The van der Waals surface area contributed by atoms with E-state index in [1.54, 1.807) is 0 Å². The average Bonchev–Trinajstić information content (AvgIpc) is 2.98. The van der Waals surface area contributed by atoms with E-state index in [0.29, 0.717) is 0 Å². The van der Waals surface area contributed by atoms with Crippen molar-refractivity contribution >= 4 is 17.5 Å². The van der Waals surface area contributed by atoms with Gasteiger partial charge in [-0.2, -0.15) is 0 Å². The number of furan rings is 1. The third-order valence-electron chi connectivity index (χ3n) is 2.37. The Balaban J connectivity index is 1.95. The quantitative estimate of drug-likeness (QED) is 0.646. The number of carbonyl (C=O) groups is 2. The number of nitro groups is 1. The Labute approximate surface area is 112 Å². The van der Waals surface area contributed by atoms with Crippen LogP contribution in [0.25, 0.3) is 0 Å². The number of carbonyl (C=O) groups excluding carboxylic acids is 2. The number of nitrogens with one attached hydrogen (secondary N) is 2. The summed E-state index contributed by atoms with van der Waals surface area (Å²) in [6, 6.07) is 7.94. The summed E-state index contributed by atoms with van der Waals surface area (Å²) in [4.78, 5) is 33.0. The number of nitrogens with zero attached hydrogens (tertiary/aromatic N) is 1. The lowest BCUT2D eigenvalue weighted by atomic mass is 10.2. The van der Waals surface area contributed by atoms with E-state index >= 15 is 0 Å². The van der Waals surface area contributed by atoms with Gasteiger partial charge in [-0.15, -0.1) is 0 Å². The molecule has 0 aliphatic rings. The van der Waals surface area contributed by atoms with Gasteiger partial charge in [0.1, 0.15) is 0 Å². The van der Waals surface area contributed by atoms with Crippen LogP contribution in [-0.4, -0.2) is 16.7 Å². The molecular weight excluding hydrogens is 266 g/mol. The van der Waals surface area contributed by atoms with Crippen molar-refractivity contribution in [3.05, 3.63) is 64.1 Å². The highest BCUT2D eigenvalue weighted by molar-refractivity contribution is 5.98. The fourth-order valence-corrected chi connectivity index (χ4v) is 1.39. The van der Waals surface area contributed by atoms with E-state index in [0.717, 1.165) is 0 Å². The topological polar surface area (TPSA) is 114 Å². The standard InChI is InChI=1S/C12H9N3O5/c16-11(8-3-5-9(6-4-8)15(18)19)13-14-12(17)10-2-1-7-20-10/h1-7H,(H,13,16)(H,14,17). The van der Waals surface area contributed by atoms with Gasteiger partial charge < -0.3 is 4.42 Å². The van der Waals surface area contributed by atoms with Crippen LogP contribution >= 0.6 is 0 Å². The van der Waals surface area contributed by atoms with E-state index in [1.165, 1.54) is 42.7 Å². The van der Waals surface area contributed by atoms with Crippen molar-refractivity contribution in [2.75, 3.05) is 0 Å². The Bertz CT molecular complexity index is 634. The summed E-state index contributed by atoms with van der Waals surface area (Å²) >= 11 is 0. The van der Waals surface area contributed by atoms with Gasteiger partial charge in [-0.3, -0.25) is 30.6 Å². The van der Waals surface area contributed by atoms with Gasteiger partial charge in [0.05, 0.1) is 11.2 Å². The Morgan fingerprint density at radius 1 is 1.05 bits per heavy atom. The number of benzene rings is 1. The van der Waals surface area contributed by atoms with Crippen molar-refractivity contribution in [3.63, 3.8) is 0 Å². The number of hydrogen-bond donors (Lipinski definition) is 2. The third kappa shape index (κ3) is 2.99. The van der Waals surface area contributed by atoms with Gasteiger partial charge in [0, 0.05) is 17.7 Å². The first-order valence-corrected chi connectivity index (χ1v) is 5.46. The third-order valence-corrected chi connectivity index (χ3v) is 2.37. The molecule has 1 heterocycles. The maximum Gasteiger partial charge on any atom is 0.305 e. The summed E-state index contributed by atoms with van der Waals surface area (Å²) in [5.74, 6) is -1.15. The SMILES string of the molecule is O=C(NNC(=O)c1ccco1)c1ccc([N+](=O)[O-])cc1. The minimum atomic E-state index is -0.606. The Morgan fingerprint density at radius 2 is 1.70 bits per heavy atom. The molecule has 0 spiro atoms. The van der Waals surface area contributed by atoms with Crippen molar-refractivity contribution in [1.29, 1.82) is 0 Å². The van der Waals surface area contributed by atoms with Crippen LogP contribution in [0.15, 0.2) is 47.1 Å². The van der Waals surface area contributed by atoms with Crippen molar-refractivity contribution in [2.45, 2.75) is 0 Å². The molecule has 2 rings (SSSR count). The van der Waals surface area contributed by atoms with Gasteiger partial charge in [0.15, 0.2) is 5.76 Å². The zero-order chi connectivity index (χ0) is 14.5. The number of hydrazine groups is 1. The van der Waals surface area contributed by atoms with Gasteiger partial charge in [-0.05, 0) is 24.3 Å². The largest absolute Gasteiger partial charge is 0.459 e. The van der Waals surface area contributed by atoms with Gasteiger partial charge in [0.2, 0.25) is 0 Å². The van der Waals surface area contributed by atoms with E-state index in [4.69, 9.17) is 4.42 Å². The highest BCUT2D eigenvalue weighted by atomic mass is 16.6. The lowest BCUT2D eigenvalue weighted by Gasteiger charge is -2.05. The monoisotopic (exact) mass is 275 g/mol. The highest BCUT2D eigenvalue weighted by Gasteiger charge is 2.12. The van der Waals surface area contributed by atoms with E-state index in [2.05, 4.69) is 10.9 Å². The van der Waals surface area contributed by atoms with Crippen LogP contribution in [0, 0.1) is 10.1 Å². The summed E-state index contributed by atoms with van der Waals surface area (Å²) in [7, 11) is 0. The summed E-state index contributed by atoms with van der Waals surface area (Å²) in [6.45, 7) is 0. The molecule has 102 valence electrons. The minimum absolute atomic E-state index is 0.0500. The Morgan fingerprint density at radius 3 is 2.25 bits per heavy atom. The second-order valence-electron chi connectivity index (χ2n) is 3.69. The van der Waals surface area contributed by atoms with Gasteiger partial charge in [-0.1, -0.05) is 0 Å². The number of nitro benzene ring substituents is 1. The lowest BCUT2D eigenvalue weighted by molar-refractivity contribution is -0.384. The second kappa shape index (κ2) is 5.65. The van der Waals surface area contributed by atoms with E-state index in [1.807, 2.05) is 0 Å². The van der Waals surface area contributed by atoms with Crippen LogP contribution < -0.4 is 10.9 Å².